The van der Waals surface area contributed by atoms with Gasteiger partial charge < -0.3 is 19.8 Å². The van der Waals surface area contributed by atoms with Gasteiger partial charge >= 0.3 is 7.82 Å². The Hall–Kier alpha value is -2.32. The summed E-state index contributed by atoms with van der Waals surface area (Å²) in [4.78, 5) is 23.5. The van der Waals surface area contributed by atoms with E-state index in [1.165, 1.54) is 225 Å². The van der Waals surface area contributed by atoms with Crippen molar-refractivity contribution in [2.24, 2.45) is 0 Å². The summed E-state index contributed by atoms with van der Waals surface area (Å²) < 4.78 is 23.9. The number of nitrogens with one attached hydrogen (secondary N) is 1. The molecule has 0 saturated heterocycles. The number of allylic oxidation sites excluding steroid dienone is 14. The molecule has 0 aromatic rings. The number of carbonyl (C=O) groups is 1. The molecule has 3 atom stereocenters. The van der Waals surface area contributed by atoms with Crippen molar-refractivity contribution in [1.82, 2.24) is 5.32 Å². The SMILES string of the molecule is CC/C=C\C/C=C\C/C=C\C/C=C\C/C=C\C/C=C\C/C=C\CCCCCCCCCCCCCCCCCCCCCC(=O)NC(COP(=O)(O)OCC[N+](C)(C)C)C(O)CCCCCCCCCCCCCCCCCCCCCCC. The van der Waals surface area contributed by atoms with Crippen molar-refractivity contribution in [1.29, 1.82) is 0 Å². The van der Waals surface area contributed by atoms with E-state index >= 15 is 0 Å². The Balaban J connectivity index is 3.95. The van der Waals surface area contributed by atoms with Crippen LogP contribution in [0.3, 0.4) is 0 Å². The van der Waals surface area contributed by atoms with E-state index in [9.17, 15) is 19.4 Å². The maximum Gasteiger partial charge on any atom is 0.472 e. The summed E-state index contributed by atoms with van der Waals surface area (Å²) in [5.74, 6) is -0.140. The van der Waals surface area contributed by atoms with Gasteiger partial charge in [-0.2, -0.15) is 0 Å². The van der Waals surface area contributed by atoms with Crippen LogP contribution in [0.5, 0.6) is 0 Å². The lowest BCUT2D eigenvalue weighted by atomic mass is 10.0. The van der Waals surface area contributed by atoms with E-state index in [0.717, 1.165) is 83.5 Å². The van der Waals surface area contributed by atoms with Crippen LogP contribution in [0.2, 0.25) is 0 Å². The maximum absolute atomic E-state index is 13.1. The number of phosphoric acid groups is 1. The number of aliphatic hydroxyl groups is 1. The van der Waals surface area contributed by atoms with Crippen LogP contribution in [0.15, 0.2) is 85.1 Å². The van der Waals surface area contributed by atoms with Crippen molar-refractivity contribution in [2.75, 3.05) is 40.9 Å². The molecule has 8 nitrogen and oxygen atoms in total. The standard InChI is InChI=1S/C75H139N2O6P/c1-6-8-10-12-14-16-18-20-22-24-26-28-29-30-31-32-33-34-35-36-37-38-39-40-41-42-43-44-45-46-47-49-51-53-55-57-59-61-63-65-67-69-75(79)76-73(72-83-84(80,81)82-71-70-77(3,4)5)74(78)68-66-64-62-60-58-56-54-52-50-48-27-25-23-21-19-17-15-13-11-9-7-2/h8,10,14,16,20,22,26,28,30-31,33-34,36-37,73-74,78H,6-7,9,11-13,15,17-19,21,23-25,27,29,32,35,38-72H2,1-5H3,(H-,76,79,80,81)/p+1/b10-8-,16-14-,22-20-,28-26-,31-30-,34-33-,37-36-. The van der Waals surface area contributed by atoms with Crippen LogP contribution in [-0.4, -0.2) is 73.4 Å². The van der Waals surface area contributed by atoms with Gasteiger partial charge in [0.1, 0.15) is 13.2 Å². The molecule has 1 amide bonds. The first-order valence-corrected chi connectivity index (χ1v) is 37.4. The van der Waals surface area contributed by atoms with Crippen LogP contribution in [0, 0.1) is 0 Å². The smallest absolute Gasteiger partial charge is 0.391 e. The lowest BCUT2D eigenvalue weighted by molar-refractivity contribution is -0.870. The van der Waals surface area contributed by atoms with E-state index in [4.69, 9.17) is 9.05 Å². The third-order valence-corrected chi connectivity index (χ3v) is 17.1. The highest BCUT2D eigenvalue weighted by atomic mass is 31.2. The number of rotatable bonds is 66. The minimum atomic E-state index is -4.33. The molecule has 0 aliphatic heterocycles. The van der Waals surface area contributed by atoms with Gasteiger partial charge in [0.15, 0.2) is 0 Å². The van der Waals surface area contributed by atoms with Crippen molar-refractivity contribution in [2.45, 2.75) is 347 Å². The third-order valence-electron chi connectivity index (χ3n) is 16.2. The van der Waals surface area contributed by atoms with E-state index in [1.807, 2.05) is 21.1 Å². The molecule has 3 unspecified atom stereocenters. The summed E-state index contributed by atoms with van der Waals surface area (Å²) in [6.07, 6.45) is 92.6. The molecule has 0 aliphatic carbocycles. The van der Waals surface area contributed by atoms with Crippen molar-refractivity contribution in [3.63, 3.8) is 0 Å². The van der Waals surface area contributed by atoms with Gasteiger partial charge in [-0.15, -0.1) is 0 Å². The number of unbranched alkanes of at least 4 members (excludes halogenated alkanes) is 39. The third kappa shape index (κ3) is 67.2. The second-order valence-corrected chi connectivity index (χ2v) is 27.0. The zero-order valence-electron chi connectivity index (χ0n) is 56.1. The predicted octanol–water partition coefficient (Wildman–Crippen LogP) is 23.1. The van der Waals surface area contributed by atoms with Crippen LogP contribution in [0.25, 0.3) is 0 Å². The fourth-order valence-electron chi connectivity index (χ4n) is 10.6. The quantitative estimate of drug-likeness (QED) is 0.0243. The van der Waals surface area contributed by atoms with Gasteiger partial charge in [0.05, 0.1) is 39.9 Å². The Bertz CT molecular complexity index is 1650. The first-order chi connectivity index (χ1) is 41.0. The minimum absolute atomic E-state index is 0.0746. The Morgan fingerprint density at radius 2 is 0.714 bits per heavy atom. The molecular weight excluding hydrogens is 1060 g/mol. The van der Waals surface area contributed by atoms with E-state index in [2.05, 4.69) is 104 Å². The molecule has 0 heterocycles. The highest BCUT2D eigenvalue weighted by Crippen LogP contribution is 2.43. The van der Waals surface area contributed by atoms with Gasteiger partial charge in [-0.05, 0) is 70.6 Å². The summed E-state index contributed by atoms with van der Waals surface area (Å²) in [6.45, 7) is 4.81. The number of phosphoric ester groups is 1. The molecule has 0 rings (SSSR count). The molecule has 0 bridgehead atoms. The fourth-order valence-corrected chi connectivity index (χ4v) is 11.4. The number of hydrogen-bond donors (Lipinski definition) is 3. The van der Waals surface area contributed by atoms with E-state index < -0.39 is 20.0 Å². The van der Waals surface area contributed by atoms with Crippen molar-refractivity contribution < 1.29 is 32.9 Å². The topological polar surface area (TPSA) is 105 Å². The zero-order chi connectivity index (χ0) is 61.2. The second-order valence-electron chi connectivity index (χ2n) is 25.6. The number of likely N-dealkylation sites (N-methyl/N-ethyl adjacent to an activating group) is 1. The Morgan fingerprint density at radius 3 is 1.05 bits per heavy atom. The number of carbonyl (C=O) groups excluding carboxylic acids is 1. The van der Waals surface area contributed by atoms with Gasteiger partial charge in [-0.1, -0.05) is 343 Å². The Kier molecular flexibility index (Phi) is 63.3. The van der Waals surface area contributed by atoms with Gasteiger partial charge in [0.2, 0.25) is 5.91 Å². The highest BCUT2D eigenvalue weighted by molar-refractivity contribution is 7.47. The van der Waals surface area contributed by atoms with Gasteiger partial charge in [-0.25, -0.2) is 4.57 Å². The lowest BCUT2D eigenvalue weighted by Crippen LogP contribution is -2.46. The molecule has 0 spiro atoms. The summed E-state index contributed by atoms with van der Waals surface area (Å²) in [6, 6.07) is -0.763. The van der Waals surface area contributed by atoms with Crippen LogP contribution in [0.1, 0.15) is 335 Å². The first-order valence-electron chi connectivity index (χ1n) is 36.0. The molecule has 0 aromatic heterocycles. The van der Waals surface area contributed by atoms with Crippen LogP contribution >= 0.6 is 7.82 Å². The van der Waals surface area contributed by atoms with Gasteiger partial charge in [-0.3, -0.25) is 13.8 Å². The predicted molar refractivity (Wildman–Crippen MR) is 369 cm³/mol. The molecule has 490 valence electrons. The van der Waals surface area contributed by atoms with Crippen molar-refractivity contribution in [3.05, 3.63) is 85.1 Å². The monoisotopic (exact) mass is 1200 g/mol. The maximum atomic E-state index is 13.1. The van der Waals surface area contributed by atoms with Gasteiger partial charge in [0, 0.05) is 6.42 Å². The number of hydrogen-bond acceptors (Lipinski definition) is 5. The highest BCUT2D eigenvalue weighted by Gasteiger charge is 2.28. The van der Waals surface area contributed by atoms with Crippen LogP contribution in [0.4, 0.5) is 0 Å². The van der Waals surface area contributed by atoms with Crippen LogP contribution in [-0.2, 0) is 18.4 Å². The second kappa shape index (κ2) is 65.1. The number of nitrogens with zero attached hydrogens (tertiary/aromatic N) is 1. The largest absolute Gasteiger partial charge is 0.472 e. The Morgan fingerprint density at radius 1 is 0.417 bits per heavy atom. The molecule has 0 aliphatic rings. The summed E-state index contributed by atoms with van der Waals surface area (Å²) in [5.41, 5.74) is 0. The molecule has 0 saturated carbocycles. The molecule has 0 fully saturated rings. The van der Waals surface area contributed by atoms with Gasteiger partial charge in [0.25, 0.3) is 0 Å². The average Bonchev–Trinajstić information content (AvgIpc) is 3.56. The number of quaternary nitrogens is 1. The molecule has 0 aromatic carbocycles. The van der Waals surface area contributed by atoms with E-state index in [1.54, 1.807) is 0 Å². The van der Waals surface area contributed by atoms with Crippen molar-refractivity contribution >= 4 is 13.7 Å². The van der Waals surface area contributed by atoms with Crippen LogP contribution < -0.4 is 5.32 Å². The zero-order valence-corrected chi connectivity index (χ0v) is 57.0. The lowest BCUT2D eigenvalue weighted by Gasteiger charge is -2.26. The summed E-state index contributed by atoms with van der Waals surface area (Å²) in [7, 11) is 1.63. The summed E-state index contributed by atoms with van der Waals surface area (Å²) >= 11 is 0. The van der Waals surface area contributed by atoms with E-state index in [0.29, 0.717) is 23.9 Å². The summed E-state index contributed by atoms with van der Waals surface area (Å²) in [5, 5.41) is 14.1. The molecule has 84 heavy (non-hydrogen) atoms. The average molecular weight is 1200 g/mol. The number of amides is 1. The Labute approximate surface area is 522 Å². The molecule has 3 N–H and O–H groups in total. The molecule has 0 radical (unpaired) electrons. The minimum Gasteiger partial charge on any atom is -0.391 e. The molecular formula is C75H140N2O6P+. The van der Waals surface area contributed by atoms with E-state index in [-0.39, 0.29) is 19.1 Å². The first kappa shape index (κ1) is 81.7. The normalized spacial score (nSPS) is 14.1. The molecule has 9 heteroatoms. The van der Waals surface area contributed by atoms with Crippen molar-refractivity contribution in [3.8, 4) is 0 Å². The number of aliphatic hydroxyl groups excluding tert-OH is 1. The fraction of sp³-hybridized carbons (Fsp3) is 0.800.